The van der Waals surface area contributed by atoms with Gasteiger partial charge in [0.25, 0.3) is 0 Å². The number of hydrogen-bond donors (Lipinski definition) is 0. The first kappa shape index (κ1) is 33.8. The molecule has 0 amide bonds. The van der Waals surface area contributed by atoms with Gasteiger partial charge in [0.2, 0.25) is 0 Å². The number of hydrogen-bond acceptors (Lipinski definition) is 0. The Bertz CT molecular complexity index is 887. The van der Waals surface area contributed by atoms with Crippen LogP contribution < -0.4 is 0 Å². The molecule has 2 rings (SSSR count). The van der Waals surface area contributed by atoms with Gasteiger partial charge in [0.1, 0.15) is 0 Å². The van der Waals surface area contributed by atoms with Crippen LogP contribution in [0.3, 0.4) is 0 Å². The summed E-state index contributed by atoms with van der Waals surface area (Å²) in [5.74, 6) is 12.5. The lowest BCUT2D eigenvalue weighted by atomic mass is 10.0. The number of rotatable bonds is 22. The lowest BCUT2D eigenvalue weighted by molar-refractivity contribution is 0.556. The molecule has 0 fully saturated rings. The second-order valence-corrected chi connectivity index (χ2v) is 11.8. The van der Waals surface area contributed by atoms with E-state index >= 15 is 0 Å². The molecule has 0 spiro atoms. The van der Waals surface area contributed by atoms with Gasteiger partial charge >= 0.3 is 0 Å². The van der Waals surface area contributed by atoms with E-state index in [4.69, 9.17) is 0 Å². The van der Waals surface area contributed by atoms with E-state index in [1.165, 1.54) is 152 Å². The molecule has 0 bridgehead atoms. The van der Waals surface area contributed by atoms with Gasteiger partial charge in [0.05, 0.1) is 0 Å². The zero-order valence-electron chi connectivity index (χ0n) is 26.2. The van der Waals surface area contributed by atoms with Gasteiger partial charge in [-0.3, -0.25) is 0 Å². The van der Waals surface area contributed by atoms with Gasteiger partial charge in [-0.05, 0) is 72.9 Å². The molecule has 0 aliphatic carbocycles. The molecule has 0 nitrogen and oxygen atoms in total. The molecular weight excluding hydrogens is 480 g/mol. The third-order valence-corrected chi connectivity index (χ3v) is 8.02. The van der Waals surface area contributed by atoms with E-state index < -0.39 is 0 Å². The van der Waals surface area contributed by atoms with Crippen LogP contribution in [0.25, 0.3) is 0 Å². The van der Waals surface area contributed by atoms with Crippen LogP contribution in [0.4, 0.5) is 0 Å². The largest absolute Gasteiger partial charge is 0.0654 e. The molecular formula is C40H58. The number of benzene rings is 2. The molecule has 40 heavy (non-hydrogen) atoms. The predicted octanol–water partition coefficient (Wildman–Crippen LogP) is 12.0. The van der Waals surface area contributed by atoms with Crippen molar-refractivity contribution in [3.63, 3.8) is 0 Å². The van der Waals surface area contributed by atoms with E-state index in [-0.39, 0.29) is 0 Å². The predicted molar refractivity (Wildman–Crippen MR) is 178 cm³/mol. The van der Waals surface area contributed by atoms with Crippen LogP contribution in [0, 0.1) is 23.7 Å². The molecule has 0 heteroatoms. The highest BCUT2D eigenvalue weighted by molar-refractivity contribution is 5.45. The SMILES string of the molecule is CCCCCCCCCCCCc1ccc(C#CC#Cc2ccc(CCCCCCCCCCCC)cc2)cc1. The Morgan fingerprint density at radius 3 is 0.925 bits per heavy atom. The van der Waals surface area contributed by atoms with Gasteiger partial charge < -0.3 is 0 Å². The lowest BCUT2D eigenvalue weighted by Gasteiger charge is -2.03. The van der Waals surface area contributed by atoms with Crippen LogP contribution in [-0.2, 0) is 12.8 Å². The molecule has 0 saturated carbocycles. The molecule has 218 valence electrons. The van der Waals surface area contributed by atoms with Gasteiger partial charge in [-0.1, -0.05) is 166 Å². The summed E-state index contributed by atoms with van der Waals surface area (Å²) >= 11 is 0. The van der Waals surface area contributed by atoms with Crippen molar-refractivity contribution in [3.8, 4) is 23.7 Å². The van der Waals surface area contributed by atoms with Crippen molar-refractivity contribution >= 4 is 0 Å². The van der Waals surface area contributed by atoms with Crippen molar-refractivity contribution < 1.29 is 0 Å². The molecule has 0 unspecified atom stereocenters. The van der Waals surface area contributed by atoms with Gasteiger partial charge in [0.15, 0.2) is 0 Å². The quantitative estimate of drug-likeness (QED) is 0.103. The fraction of sp³-hybridized carbons (Fsp3) is 0.600. The minimum absolute atomic E-state index is 1.05. The van der Waals surface area contributed by atoms with Crippen LogP contribution in [0.2, 0.25) is 0 Å². The molecule has 0 radical (unpaired) electrons. The number of unbranched alkanes of at least 4 members (excludes halogenated alkanes) is 18. The molecule has 2 aromatic rings. The third-order valence-electron chi connectivity index (χ3n) is 8.02. The zero-order valence-corrected chi connectivity index (χ0v) is 26.2. The van der Waals surface area contributed by atoms with Gasteiger partial charge in [0, 0.05) is 11.1 Å². The van der Waals surface area contributed by atoms with Gasteiger partial charge in [-0.15, -0.1) is 0 Å². The molecule has 0 saturated heterocycles. The van der Waals surface area contributed by atoms with Crippen molar-refractivity contribution in [1.82, 2.24) is 0 Å². The Morgan fingerprint density at radius 2 is 0.625 bits per heavy atom. The Kier molecular flexibility index (Phi) is 20.6. The average molecular weight is 539 g/mol. The second-order valence-electron chi connectivity index (χ2n) is 11.8. The second kappa shape index (κ2) is 24.4. The average Bonchev–Trinajstić information content (AvgIpc) is 2.98. The molecule has 2 aromatic carbocycles. The van der Waals surface area contributed by atoms with E-state index in [1.54, 1.807) is 0 Å². The standard InChI is InChI=1S/C40H58/c1-3-5-7-9-11-13-15-17-19-21-25-37-29-33-39(34-30-37)27-23-24-28-40-35-31-38(32-36-40)26-22-20-18-16-14-12-10-8-6-4-2/h29-36H,3-22,25-26H2,1-2H3. The van der Waals surface area contributed by atoms with Crippen LogP contribution >= 0.6 is 0 Å². The first-order valence-corrected chi connectivity index (χ1v) is 17.0. The van der Waals surface area contributed by atoms with E-state index in [9.17, 15) is 0 Å². The van der Waals surface area contributed by atoms with Gasteiger partial charge in [-0.25, -0.2) is 0 Å². The van der Waals surface area contributed by atoms with Crippen molar-refractivity contribution in [2.75, 3.05) is 0 Å². The molecule has 0 aromatic heterocycles. The Labute approximate surface area is 249 Å². The van der Waals surface area contributed by atoms with E-state index in [1.807, 2.05) is 0 Å². The summed E-state index contributed by atoms with van der Waals surface area (Å²) in [6.45, 7) is 4.58. The van der Waals surface area contributed by atoms with Crippen LogP contribution in [0.5, 0.6) is 0 Å². The summed E-state index contributed by atoms with van der Waals surface area (Å²) in [4.78, 5) is 0. The van der Waals surface area contributed by atoms with Crippen molar-refractivity contribution in [1.29, 1.82) is 0 Å². The first-order chi connectivity index (χ1) is 19.8. The minimum atomic E-state index is 1.05. The Hall–Kier alpha value is -2.44. The highest BCUT2D eigenvalue weighted by Gasteiger charge is 1.97. The summed E-state index contributed by atoms with van der Waals surface area (Å²) in [6.07, 6.45) is 30.2. The van der Waals surface area contributed by atoms with Gasteiger partial charge in [-0.2, -0.15) is 0 Å². The molecule has 0 heterocycles. The Balaban J connectivity index is 1.55. The summed E-state index contributed by atoms with van der Waals surface area (Å²) in [7, 11) is 0. The monoisotopic (exact) mass is 538 g/mol. The lowest BCUT2D eigenvalue weighted by Crippen LogP contribution is -1.87. The molecule has 0 atom stereocenters. The fourth-order valence-corrected chi connectivity index (χ4v) is 5.35. The van der Waals surface area contributed by atoms with Crippen LogP contribution in [0.15, 0.2) is 48.5 Å². The first-order valence-electron chi connectivity index (χ1n) is 17.0. The summed E-state index contributed by atoms with van der Waals surface area (Å²) in [6, 6.07) is 17.5. The van der Waals surface area contributed by atoms with E-state index in [0.717, 1.165) is 11.1 Å². The normalized spacial score (nSPS) is 10.6. The van der Waals surface area contributed by atoms with E-state index in [0.29, 0.717) is 0 Å². The van der Waals surface area contributed by atoms with Crippen molar-refractivity contribution in [2.45, 2.75) is 155 Å². The molecule has 0 N–H and O–H groups in total. The fourth-order valence-electron chi connectivity index (χ4n) is 5.35. The molecule has 0 aliphatic rings. The minimum Gasteiger partial charge on any atom is -0.0654 e. The van der Waals surface area contributed by atoms with E-state index in [2.05, 4.69) is 86.1 Å². The topological polar surface area (TPSA) is 0 Å². The highest BCUT2D eigenvalue weighted by Crippen LogP contribution is 2.14. The molecule has 0 aliphatic heterocycles. The Morgan fingerprint density at radius 1 is 0.350 bits per heavy atom. The third kappa shape index (κ3) is 18.0. The maximum atomic E-state index is 3.20. The highest BCUT2D eigenvalue weighted by atomic mass is 14.0. The maximum absolute atomic E-state index is 3.20. The van der Waals surface area contributed by atoms with Crippen LogP contribution in [0.1, 0.15) is 165 Å². The zero-order chi connectivity index (χ0) is 28.4. The maximum Gasteiger partial charge on any atom is 0.0255 e. The number of aryl methyl sites for hydroxylation is 2. The summed E-state index contributed by atoms with van der Waals surface area (Å²) in [5, 5.41) is 0. The van der Waals surface area contributed by atoms with Crippen molar-refractivity contribution in [3.05, 3.63) is 70.8 Å². The smallest absolute Gasteiger partial charge is 0.0255 e. The summed E-state index contributed by atoms with van der Waals surface area (Å²) in [5.41, 5.74) is 4.95. The summed E-state index contributed by atoms with van der Waals surface area (Å²) < 4.78 is 0. The van der Waals surface area contributed by atoms with Crippen LogP contribution in [-0.4, -0.2) is 0 Å². The van der Waals surface area contributed by atoms with Crippen molar-refractivity contribution in [2.24, 2.45) is 0 Å².